The monoisotopic (exact) mass is 328 g/mol. The fourth-order valence-corrected chi connectivity index (χ4v) is 2.90. The van der Waals surface area contributed by atoms with Crippen LogP contribution >= 0.6 is 0 Å². The Kier molecular flexibility index (Phi) is 4.62. The van der Waals surface area contributed by atoms with Gasteiger partial charge in [-0.2, -0.15) is 5.10 Å². The molecular weight excluding hydrogens is 304 g/mol. The highest BCUT2D eigenvalue weighted by Crippen LogP contribution is 2.20. The molecule has 0 saturated heterocycles. The smallest absolute Gasteiger partial charge is 0.238 e. The zero-order chi connectivity index (χ0) is 17.3. The van der Waals surface area contributed by atoms with E-state index in [1.807, 2.05) is 20.0 Å². The third kappa shape index (κ3) is 3.46. The maximum absolute atomic E-state index is 12.3. The Morgan fingerprint density at radius 1 is 1.42 bits per heavy atom. The summed E-state index contributed by atoms with van der Waals surface area (Å²) < 4.78 is 0. The maximum atomic E-state index is 12.3. The molecule has 0 bridgehead atoms. The van der Waals surface area contributed by atoms with Gasteiger partial charge in [0.1, 0.15) is 5.82 Å². The Balaban J connectivity index is 1.65. The third-order valence-corrected chi connectivity index (χ3v) is 4.32. The van der Waals surface area contributed by atoms with E-state index in [4.69, 9.17) is 0 Å². The molecule has 2 N–H and O–H groups in total. The molecule has 0 fully saturated rings. The minimum Gasteiger partial charge on any atom is -0.322 e. The van der Waals surface area contributed by atoms with E-state index in [1.54, 1.807) is 0 Å². The van der Waals surface area contributed by atoms with Crippen LogP contribution in [0.25, 0.3) is 0 Å². The molecule has 3 rings (SSSR count). The van der Waals surface area contributed by atoms with Crippen LogP contribution in [0.3, 0.4) is 0 Å². The fraction of sp³-hybridized carbons (Fsp3) is 0.529. The summed E-state index contributed by atoms with van der Waals surface area (Å²) in [4.78, 5) is 23.6. The number of aryl methyl sites for hydroxylation is 2. The molecule has 2 aromatic heterocycles. The lowest BCUT2D eigenvalue weighted by atomic mass is 10.1. The molecule has 128 valence electrons. The minimum atomic E-state index is -0.0239. The van der Waals surface area contributed by atoms with Gasteiger partial charge in [0.2, 0.25) is 5.91 Å². The van der Waals surface area contributed by atoms with E-state index in [0.29, 0.717) is 19.0 Å². The molecule has 1 aliphatic rings. The number of hydrogen-bond donors (Lipinski definition) is 2. The zero-order valence-electron chi connectivity index (χ0n) is 14.7. The number of aromatic nitrogens is 4. The van der Waals surface area contributed by atoms with Gasteiger partial charge in [-0.25, -0.2) is 9.97 Å². The van der Waals surface area contributed by atoms with Crippen molar-refractivity contribution in [3.8, 4) is 0 Å². The SMILES string of the molecule is Cc1n[nH]c(C)c1NC(=O)CN1CCc2cnc(C(C)C)nc2C1. The largest absolute Gasteiger partial charge is 0.322 e. The highest BCUT2D eigenvalue weighted by Gasteiger charge is 2.21. The van der Waals surface area contributed by atoms with Crippen molar-refractivity contribution in [2.75, 3.05) is 18.4 Å². The first-order valence-electron chi connectivity index (χ1n) is 8.32. The first-order chi connectivity index (χ1) is 11.4. The second-order valence-corrected chi connectivity index (χ2v) is 6.67. The number of hydrogen-bond acceptors (Lipinski definition) is 5. The lowest BCUT2D eigenvalue weighted by molar-refractivity contribution is -0.117. The minimum absolute atomic E-state index is 0.0239. The fourth-order valence-electron chi connectivity index (χ4n) is 2.90. The number of carbonyl (C=O) groups is 1. The van der Waals surface area contributed by atoms with Gasteiger partial charge in [0.05, 0.1) is 29.3 Å². The van der Waals surface area contributed by atoms with E-state index in [9.17, 15) is 4.79 Å². The van der Waals surface area contributed by atoms with E-state index >= 15 is 0 Å². The summed E-state index contributed by atoms with van der Waals surface area (Å²) in [7, 11) is 0. The molecule has 0 radical (unpaired) electrons. The summed E-state index contributed by atoms with van der Waals surface area (Å²) in [5, 5.41) is 9.93. The van der Waals surface area contributed by atoms with Gasteiger partial charge >= 0.3 is 0 Å². The lowest BCUT2D eigenvalue weighted by Crippen LogP contribution is -2.37. The van der Waals surface area contributed by atoms with Crippen molar-refractivity contribution in [1.29, 1.82) is 0 Å². The van der Waals surface area contributed by atoms with Gasteiger partial charge in [-0.1, -0.05) is 13.8 Å². The van der Waals surface area contributed by atoms with Gasteiger partial charge in [-0.3, -0.25) is 14.8 Å². The Morgan fingerprint density at radius 2 is 2.21 bits per heavy atom. The van der Waals surface area contributed by atoms with Crippen molar-refractivity contribution >= 4 is 11.6 Å². The molecule has 24 heavy (non-hydrogen) atoms. The van der Waals surface area contributed by atoms with Gasteiger partial charge in [0, 0.05) is 25.2 Å². The Hall–Kier alpha value is -2.28. The molecule has 1 amide bonds. The number of carbonyl (C=O) groups excluding carboxylic acids is 1. The Bertz CT molecular complexity index is 732. The summed E-state index contributed by atoms with van der Waals surface area (Å²) in [6.45, 7) is 9.83. The van der Waals surface area contributed by atoms with Crippen molar-refractivity contribution < 1.29 is 4.79 Å². The molecule has 0 spiro atoms. The van der Waals surface area contributed by atoms with E-state index in [-0.39, 0.29) is 5.91 Å². The van der Waals surface area contributed by atoms with Gasteiger partial charge < -0.3 is 5.32 Å². The van der Waals surface area contributed by atoms with Crippen molar-refractivity contribution in [2.45, 2.75) is 46.6 Å². The molecular formula is C17H24N6O. The standard InChI is InChI=1S/C17H24N6O/c1-10(2)17-18-7-13-5-6-23(8-14(13)19-17)9-15(24)20-16-11(3)21-22-12(16)4/h7,10H,5-6,8-9H2,1-4H3,(H,20,24)(H,21,22). The van der Waals surface area contributed by atoms with Gasteiger partial charge in [0.15, 0.2) is 0 Å². The number of anilines is 1. The molecule has 0 unspecified atom stereocenters. The number of amides is 1. The van der Waals surface area contributed by atoms with Crippen molar-refractivity contribution in [1.82, 2.24) is 25.1 Å². The summed E-state index contributed by atoms with van der Waals surface area (Å²) >= 11 is 0. The molecule has 2 aromatic rings. The topological polar surface area (TPSA) is 86.8 Å². The molecule has 0 aromatic carbocycles. The highest BCUT2D eigenvalue weighted by atomic mass is 16.2. The number of fused-ring (bicyclic) bond motifs is 1. The summed E-state index contributed by atoms with van der Waals surface area (Å²) in [5.74, 6) is 1.15. The summed E-state index contributed by atoms with van der Waals surface area (Å²) in [6, 6.07) is 0. The Morgan fingerprint density at radius 3 is 2.88 bits per heavy atom. The number of rotatable bonds is 4. The molecule has 1 aliphatic heterocycles. The van der Waals surface area contributed by atoms with Crippen molar-refractivity contribution in [3.05, 3.63) is 34.7 Å². The maximum Gasteiger partial charge on any atom is 0.238 e. The molecule has 7 heteroatoms. The van der Waals surface area contributed by atoms with Crippen LogP contribution in [0, 0.1) is 13.8 Å². The highest BCUT2D eigenvalue weighted by molar-refractivity contribution is 5.93. The average molecular weight is 328 g/mol. The van der Waals surface area contributed by atoms with Crippen LogP contribution in [0.1, 0.15) is 48.2 Å². The normalized spacial score (nSPS) is 14.7. The second-order valence-electron chi connectivity index (χ2n) is 6.67. The van der Waals surface area contributed by atoms with Crippen LogP contribution < -0.4 is 5.32 Å². The predicted molar refractivity (Wildman–Crippen MR) is 91.8 cm³/mol. The zero-order valence-corrected chi connectivity index (χ0v) is 14.7. The summed E-state index contributed by atoms with van der Waals surface area (Å²) in [5.41, 5.74) is 4.70. The molecule has 3 heterocycles. The summed E-state index contributed by atoms with van der Waals surface area (Å²) in [6.07, 6.45) is 2.82. The molecule has 0 saturated carbocycles. The van der Waals surface area contributed by atoms with E-state index in [1.165, 1.54) is 5.56 Å². The first kappa shape index (κ1) is 16.6. The molecule has 0 atom stereocenters. The van der Waals surface area contributed by atoms with Gasteiger partial charge in [-0.15, -0.1) is 0 Å². The third-order valence-electron chi connectivity index (χ3n) is 4.32. The predicted octanol–water partition coefficient (Wildman–Crippen LogP) is 1.94. The lowest BCUT2D eigenvalue weighted by Gasteiger charge is -2.27. The number of H-pyrrole nitrogens is 1. The van der Waals surface area contributed by atoms with Gasteiger partial charge in [0.25, 0.3) is 0 Å². The van der Waals surface area contributed by atoms with Crippen LogP contribution in [-0.4, -0.2) is 44.1 Å². The first-order valence-corrected chi connectivity index (χ1v) is 8.32. The molecule has 7 nitrogen and oxygen atoms in total. The van der Waals surface area contributed by atoms with Crippen LogP contribution in [0.5, 0.6) is 0 Å². The number of nitrogens with one attached hydrogen (secondary N) is 2. The Labute approximate surface area is 141 Å². The van der Waals surface area contributed by atoms with Gasteiger partial charge in [-0.05, 0) is 25.8 Å². The number of aromatic amines is 1. The van der Waals surface area contributed by atoms with Crippen molar-refractivity contribution in [3.63, 3.8) is 0 Å². The molecule has 0 aliphatic carbocycles. The average Bonchev–Trinajstić information content (AvgIpc) is 2.86. The van der Waals surface area contributed by atoms with E-state index < -0.39 is 0 Å². The quantitative estimate of drug-likeness (QED) is 0.895. The number of nitrogens with zero attached hydrogens (tertiary/aromatic N) is 4. The second kappa shape index (κ2) is 6.68. The van der Waals surface area contributed by atoms with Crippen LogP contribution in [0.4, 0.5) is 5.69 Å². The van der Waals surface area contributed by atoms with Crippen LogP contribution in [0.15, 0.2) is 6.20 Å². The van der Waals surface area contributed by atoms with E-state index in [0.717, 1.165) is 41.6 Å². The van der Waals surface area contributed by atoms with Crippen molar-refractivity contribution in [2.24, 2.45) is 0 Å². The van der Waals surface area contributed by atoms with E-state index in [2.05, 4.69) is 44.2 Å². The van der Waals surface area contributed by atoms with Crippen LogP contribution in [-0.2, 0) is 17.8 Å². The van der Waals surface area contributed by atoms with Crippen LogP contribution in [0.2, 0.25) is 0 Å².